The molecule has 2 rings (SSSR count). The number of hydrogen-bond donors (Lipinski definition) is 1. The second-order valence-electron chi connectivity index (χ2n) is 5.10. The molecule has 2 aromatic rings. The van der Waals surface area contributed by atoms with Crippen molar-refractivity contribution in [3.63, 3.8) is 0 Å². The molecule has 1 aromatic heterocycles. The van der Waals surface area contributed by atoms with Crippen LogP contribution in [-0.2, 0) is 6.54 Å². The smallest absolute Gasteiger partial charge is 0.119 e. The molecule has 0 saturated heterocycles. The van der Waals surface area contributed by atoms with Crippen molar-refractivity contribution >= 4 is 0 Å². The summed E-state index contributed by atoms with van der Waals surface area (Å²) >= 11 is 0. The number of benzene rings is 1. The molecule has 0 bridgehead atoms. The number of aryl methyl sites for hydroxylation is 1. The van der Waals surface area contributed by atoms with Gasteiger partial charge in [0.25, 0.3) is 0 Å². The van der Waals surface area contributed by atoms with Crippen LogP contribution in [0.5, 0.6) is 5.75 Å². The van der Waals surface area contributed by atoms with Gasteiger partial charge in [0.1, 0.15) is 18.2 Å². The molecule has 4 nitrogen and oxygen atoms in total. The molecule has 0 aliphatic carbocycles. The molecule has 0 radical (unpaired) electrons. The summed E-state index contributed by atoms with van der Waals surface area (Å²) in [6.07, 6.45) is 4.88. The summed E-state index contributed by atoms with van der Waals surface area (Å²) in [4.78, 5) is 4.20. The topological polar surface area (TPSA) is 39.1 Å². The van der Waals surface area contributed by atoms with E-state index in [1.165, 1.54) is 5.56 Å². The number of nitrogens with zero attached hydrogens (tertiary/aromatic N) is 2. The zero-order valence-corrected chi connectivity index (χ0v) is 13.2. The van der Waals surface area contributed by atoms with Crippen LogP contribution in [-0.4, -0.2) is 22.7 Å². The summed E-state index contributed by atoms with van der Waals surface area (Å²) in [5.41, 5.74) is 1.32. The first-order valence-electron chi connectivity index (χ1n) is 7.68. The van der Waals surface area contributed by atoms with Crippen LogP contribution in [0.25, 0.3) is 0 Å². The van der Waals surface area contributed by atoms with Gasteiger partial charge in [-0.3, -0.25) is 0 Å². The average molecular weight is 287 g/mol. The fourth-order valence-corrected chi connectivity index (χ4v) is 2.44. The molecule has 21 heavy (non-hydrogen) atoms. The summed E-state index contributed by atoms with van der Waals surface area (Å²) in [7, 11) is 0. The van der Waals surface area contributed by atoms with Gasteiger partial charge >= 0.3 is 0 Å². The second-order valence-corrected chi connectivity index (χ2v) is 5.10. The van der Waals surface area contributed by atoms with Crippen molar-refractivity contribution in [3.05, 3.63) is 48.0 Å². The summed E-state index contributed by atoms with van der Waals surface area (Å²) < 4.78 is 7.88. The first kappa shape index (κ1) is 15.6. The molecule has 4 heteroatoms. The maximum atomic E-state index is 5.79. The molecular weight excluding hydrogens is 262 g/mol. The van der Waals surface area contributed by atoms with E-state index in [0.717, 1.165) is 31.1 Å². The van der Waals surface area contributed by atoms with E-state index in [4.69, 9.17) is 4.74 Å². The number of rotatable bonds is 8. The molecule has 0 fully saturated rings. The Morgan fingerprint density at radius 1 is 1.24 bits per heavy atom. The van der Waals surface area contributed by atoms with Crippen molar-refractivity contribution in [1.82, 2.24) is 14.9 Å². The Kier molecular flexibility index (Phi) is 5.81. The molecule has 0 amide bonds. The minimum atomic E-state index is 0.428. The number of ether oxygens (including phenoxy) is 1. The SMILES string of the molecule is CCNC(CC)c1ccc(OCCn2ccnc2C)cc1. The highest BCUT2D eigenvalue weighted by molar-refractivity contribution is 5.29. The molecular formula is C17H25N3O. The predicted octanol–water partition coefficient (Wildman–Crippen LogP) is 3.33. The van der Waals surface area contributed by atoms with E-state index in [-0.39, 0.29) is 0 Å². The fourth-order valence-electron chi connectivity index (χ4n) is 2.44. The van der Waals surface area contributed by atoms with Crippen LogP contribution in [0.3, 0.4) is 0 Å². The van der Waals surface area contributed by atoms with E-state index in [9.17, 15) is 0 Å². The largest absolute Gasteiger partial charge is 0.492 e. The Morgan fingerprint density at radius 3 is 2.57 bits per heavy atom. The maximum absolute atomic E-state index is 5.79. The molecule has 0 saturated carbocycles. The highest BCUT2D eigenvalue weighted by Gasteiger charge is 2.07. The molecule has 0 aliphatic heterocycles. The number of nitrogens with one attached hydrogen (secondary N) is 1. The van der Waals surface area contributed by atoms with Crippen molar-refractivity contribution in [2.45, 2.75) is 39.8 Å². The molecule has 114 valence electrons. The van der Waals surface area contributed by atoms with E-state index in [2.05, 4.69) is 53.0 Å². The molecule has 1 N–H and O–H groups in total. The maximum Gasteiger partial charge on any atom is 0.119 e. The lowest BCUT2D eigenvalue weighted by Gasteiger charge is -2.16. The van der Waals surface area contributed by atoms with Gasteiger partial charge in [0.2, 0.25) is 0 Å². The minimum Gasteiger partial charge on any atom is -0.492 e. The summed E-state index contributed by atoms with van der Waals surface area (Å²) in [5, 5.41) is 3.48. The molecule has 0 spiro atoms. The van der Waals surface area contributed by atoms with Crippen molar-refractivity contribution in [2.75, 3.05) is 13.2 Å². The van der Waals surface area contributed by atoms with Crippen LogP contribution >= 0.6 is 0 Å². The quantitative estimate of drug-likeness (QED) is 0.809. The van der Waals surface area contributed by atoms with Gasteiger partial charge < -0.3 is 14.6 Å². The van der Waals surface area contributed by atoms with Crippen LogP contribution in [0.1, 0.15) is 37.7 Å². The number of hydrogen-bond acceptors (Lipinski definition) is 3. The number of aromatic nitrogens is 2. The zero-order valence-electron chi connectivity index (χ0n) is 13.2. The van der Waals surface area contributed by atoms with E-state index in [1.54, 1.807) is 0 Å². The molecule has 1 aromatic carbocycles. The minimum absolute atomic E-state index is 0.428. The van der Waals surface area contributed by atoms with Gasteiger partial charge in [0, 0.05) is 18.4 Å². The lowest BCUT2D eigenvalue weighted by molar-refractivity contribution is 0.297. The first-order valence-corrected chi connectivity index (χ1v) is 7.68. The number of imidazole rings is 1. The van der Waals surface area contributed by atoms with E-state index in [1.807, 2.05) is 19.3 Å². The van der Waals surface area contributed by atoms with Gasteiger partial charge in [-0.25, -0.2) is 4.98 Å². The Morgan fingerprint density at radius 2 is 2.00 bits per heavy atom. The highest BCUT2D eigenvalue weighted by atomic mass is 16.5. The van der Waals surface area contributed by atoms with Gasteiger partial charge in [-0.05, 0) is 37.6 Å². The van der Waals surface area contributed by atoms with E-state index >= 15 is 0 Å². The van der Waals surface area contributed by atoms with Crippen LogP contribution < -0.4 is 10.1 Å². The zero-order chi connectivity index (χ0) is 15.1. The molecule has 1 atom stereocenters. The van der Waals surface area contributed by atoms with Crippen LogP contribution in [0.2, 0.25) is 0 Å². The fraction of sp³-hybridized carbons (Fsp3) is 0.471. The predicted molar refractivity (Wildman–Crippen MR) is 85.6 cm³/mol. The molecule has 0 aliphatic rings. The van der Waals surface area contributed by atoms with Crippen LogP contribution in [0.15, 0.2) is 36.7 Å². The Balaban J connectivity index is 1.86. The van der Waals surface area contributed by atoms with Gasteiger partial charge in [-0.15, -0.1) is 0 Å². The Hall–Kier alpha value is -1.81. The van der Waals surface area contributed by atoms with Crippen molar-refractivity contribution in [3.8, 4) is 5.75 Å². The van der Waals surface area contributed by atoms with E-state index < -0.39 is 0 Å². The summed E-state index contributed by atoms with van der Waals surface area (Å²) in [6.45, 7) is 8.80. The lowest BCUT2D eigenvalue weighted by atomic mass is 10.0. The normalized spacial score (nSPS) is 12.3. The third-order valence-corrected chi connectivity index (χ3v) is 3.67. The van der Waals surface area contributed by atoms with Gasteiger partial charge in [0.05, 0.1) is 6.54 Å². The van der Waals surface area contributed by atoms with Gasteiger partial charge in [0.15, 0.2) is 0 Å². The third kappa shape index (κ3) is 4.33. The van der Waals surface area contributed by atoms with E-state index in [0.29, 0.717) is 12.6 Å². The second kappa shape index (κ2) is 7.84. The lowest BCUT2D eigenvalue weighted by Crippen LogP contribution is -2.19. The third-order valence-electron chi connectivity index (χ3n) is 3.67. The molecule has 1 heterocycles. The summed E-state index contributed by atoms with van der Waals surface area (Å²) in [5.74, 6) is 1.94. The monoisotopic (exact) mass is 287 g/mol. The standard InChI is InChI=1S/C17H25N3O/c1-4-17(18-5-2)15-6-8-16(9-7-15)21-13-12-20-11-10-19-14(20)3/h6-11,17-18H,4-5,12-13H2,1-3H3. The van der Waals surface area contributed by atoms with Crippen LogP contribution in [0.4, 0.5) is 0 Å². The van der Waals surface area contributed by atoms with Crippen molar-refractivity contribution < 1.29 is 4.74 Å². The summed E-state index contributed by atoms with van der Waals surface area (Å²) in [6, 6.07) is 8.83. The van der Waals surface area contributed by atoms with Gasteiger partial charge in [-0.1, -0.05) is 26.0 Å². The first-order chi connectivity index (χ1) is 10.2. The highest BCUT2D eigenvalue weighted by Crippen LogP contribution is 2.20. The Labute approximate surface area is 127 Å². The van der Waals surface area contributed by atoms with Crippen LogP contribution in [0, 0.1) is 6.92 Å². The van der Waals surface area contributed by atoms with Crippen molar-refractivity contribution in [1.29, 1.82) is 0 Å². The average Bonchev–Trinajstić information content (AvgIpc) is 2.91. The Bertz CT molecular complexity index is 533. The molecule has 1 unspecified atom stereocenters. The van der Waals surface area contributed by atoms with Crippen molar-refractivity contribution in [2.24, 2.45) is 0 Å². The van der Waals surface area contributed by atoms with Gasteiger partial charge in [-0.2, -0.15) is 0 Å².